The monoisotopic (exact) mass is 233 g/mol. The Bertz CT molecular complexity index is 8.04. The maximum atomic E-state index is 0. The summed E-state index contributed by atoms with van der Waals surface area (Å²) >= 11 is 0. The smallest absolute Gasteiger partial charge is 0.870 e. The van der Waals surface area contributed by atoms with Gasteiger partial charge < -0.3 is 27.4 Å². The Morgan fingerprint density at radius 3 is 0.571 bits per heavy atom. The molecule has 1 radical (unpaired) electrons. The van der Waals surface area contributed by atoms with Crippen molar-refractivity contribution in [3.63, 3.8) is 0 Å². The van der Waals surface area contributed by atoms with Gasteiger partial charge in [-0.05, 0) is 0 Å². The van der Waals surface area contributed by atoms with Crippen LogP contribution >= 0.6 is 0 Å². The Kier molecular flexibility index (Phi) is 2730. The molecule has 0 spiro atoms. The van der Waals surface area contributed by atoms with E-state index in [-0.39, 0.29) is 88.0 Å². The van der Waals surface area contributed by atoms with Crippen LogP contribution in [0.2, 0.25) is 0 Å². The average molecular weight is 233 g/mol. The molecule has 0 aliphatic heterocycles. The summed E-state index contributed by atoms with van der Waals surface area (Å²) in [6, 6.07) is 0. The second-order valence-electron chi connectivity index (χ2n) is 0. The van der Waals surface area contributed by atoms with E-state index >= 15 is 0 Å². The molecule has 0 rings (SSSR count). The summed E-state index contributed by atoms with van der Waals surface area (Å²) in [5.74, 6) is 0. The topological polar surface area (TPSA) is 152 Å². The molecule has 0 fully saturated rings. The van der Waals surface area contributed by atoms with Gasteiger partial charge in [-0.25, -0.2) is 0 Å². The van der Waals surface area contributed by atoms with Crippen molar-refractivity contribution in [2.24, 2.45) is 0 Å². The van der Waals surface area contributed by atoms with E-state index in [1.165, 1.54) is 0 Å². The van der Waals surface area contributed by atoms with Crippen LogP contribution in [0, 0.1) is 41.7 Å². The normalized spacial score (nSPS) is 0. The van der Waals surface area contributed by atoms with Crippen molar-refractivity contribution in [1.82, 2.24) is 0 Å². The summed E-state index contributed by atoms with van der Waals surface area (Å²) in [7, 11) is 0. The molecule has 7 heteroatoms. The van der Waals surface area contributed by atoms with Crippen molar-refractivity contribution in [2.75, 3.05) is 0 Å². The molecule has 41 valence electrons. The van der Waals surface area contributed by atoms with Crippen LogP contribution in [0.25, 0.3) is 0 Å². The van der Waals surface area contributed by atoms with Gasteiger partial charge in [0, 0.05) is 0 Å². The van der Waals surface area contributed by atoms with E-state index in [1.807, 2.05) is 0 Å². The maximum absolute atomic E-state index is 0. The van der Waals surface area contributed by atoms with Gasteiger partial charge in [0.05, 0.1) is 0 Å². The largest absolute Gasteiger partial charge is 3.00 e. The first-order valence-electron chi connectivity index (χ1n) is 0. The summed E-state index contributed by atoms with van der Waals surface area (Å²) < 4.78 is 0. The van der Waals surface area contributed by atoms with Crippen molar-refractivity contribution < 1.29 is 88.0 Å². The minimum atomic E-state index is 0. The van der Waals surface area contributed by atoms with Crippen molar-refractivity contribution >= 4 is 0 Å². The third kappa shape index (κ3) is 82.4. The van der Waals surface area contributed by atoms with Crippen LogP contribution in [0.1, 0.15) is 0 Å². The number of hydrogen-bond acceptors (Lipinski definition) is 4. The molecule has 6 N–H and O–H groups in total. The Labute approximate surface area is 87.0 Å². The first kappa shape index (κ1) is 168. The number of hydrogen-bond donors (Lipinski definition) is 0. The summed E-state index contributed by atoms with van der Waals surface area (Å²) in [5, 5.41) is 0. The molecule has 0 heterocycles. The quantitative estimate of drug-likeness (QED) is 0.387. The molecular weight excluding hydrogens is 227 g/mol. The zero-order valence-corrected chi connectivity index (χ0v) is 6.93. The summed E-state index contributed by atoms with van der Waals surface area (Å²) in [6.45, 7) is 0. The zero-order chi connectivity index (χ0) is 0. The van der Waals surface area contributed by atoms with Crippen LogP contribution in [0.4, 0.5) is 0 Å². The molecule has 5 nitrogen and oxygen atoms in total. The third-order valence-corrected chi connectivity index (χ3v) is 0. The molecule has 0 aromatic heterocycles. The van der Waals surface area contributed by atoms with Crippen LogP contribution < -0.4 is 18.9 Å². The molecule has 0 aliphatic rings. The van der Waals surface area contributed by atoms with E-state index in [9.17, 15) is 0 Å². The Morgan fingerprint density at radius 2 is 0.571 bits per heavy atom. The van der Waals surface area contributed by atoms with Gasteiger partial charge in [0.15, 0.2) is 0 Å². The van der Waals surface area contributed by atoms with Gasteiger partial charge >= 0.3 is 60.6 Å². The minimum absolute atomic E-state index is 0. The first-order valence-corrected chi connectivity index (χ1v) is 0. The van der Waals surface area contributed by atoms with Gasteiger partial charge in [-0.1, -0.05) is 0 Å². The van der Waals surface area contributed by atoms with Crippen molar-refractivity contribution in [1.29, 1.82) is 0 Å². The van der Waals surface area contributed by atoms with E-state index in [0.29, 0.717) is 0 Å². The van der Waals surface area contributed by atoms with E-state index in [0.717, 1.165) is 0 Å². The van der Waals surface area contributed by atoms with Crippen LogP contribution in [0.3, 0.4) is 0 Å². The van der Waals surface area contributed by atoms with Gasteiger partial charge in [0.25, 0.3) is 0 Å². The van der Waals surface area contributed by atoms with E-state index < -0.39 is 0 Å². The Hall–Kier alpha value is 1.77. The van der Waals surface area contributed by atoms with Crippen LogP contribution in [0.5, 0.6) is 0 Å². The maximum Gasteiger partial charge on any atom is 3.00 e. The molecular formula is H6CeLiO5. The standard InChI is InChI=1S/Ce.Li.5H2O/h;;5*1H2/q+3;+1;;;;;/p-4. The van der Waals surface area contributed by atoms with Crippen LogP contribution in [-0.4, -0.2) is 27.4 Å². The fourth-order valence-corrected chi connectivity index (χ4v) is 0. The van der Waals surface area contributed by atoms with Crippen molar-refractivity contribution in [3.05, 3.63) is 0 Å². The van der Waals surface area contributed by atoms with Crippen molar-refractivity contribution in [3.8, 4) is 0 Å². The molecule has 0 saturated heterocycles. The minimum Gasteiger partial charge on any atom is -0.870 e. The Morgan fingerprint density at radius 1 is 0.571 bits per heavy atom. The van der Waals surface area contributed by atoms with Gasteiger partial charge in [0.1, 0.15) is 0 Å². The fraction of sp³-hybridized carbons (Fsp3) is 0. The SMILES string of the molecule is O.[Ce+3].[Li+].[OH-].[OH-].[OH-].[OH-]. The molecule has 0 aromatic carbocycles. The van der Waals surface area contributed by atoms with Crippen LogP contribution in [-0.2, 0) is 0 Å². The third-order valence-electron chi connectivity index (χ3n) is 0. The zero-order valence-electron chi connectivity index (χ0n) is 3.79. The predicted octanol–water partition coefficient (Wildman–Crippen LogP) is -4.53. The molecule has 0 amide bonds. The molecule has 0 atom stereocenters. The fourth-order valence-electron chi connectivity index (χ4n) is 0. The Balaban J connectivity index is 0. The average Bonchev–Trinajstić information content (AvgIpc) is 0. The predicted molar refractivity (Wildman–Crippen MR) is 11.4 cm³/mol. The molecule has 0 aromatic rings. The molecule has 0 saturated carbocycles. The summed E-state index contributed by atoms with van der Waals surface area (Å²) in [4.78, 5) is 0. The molecule has 0 aliphatic carbocycles. The summed E-state index contributed by atoms with van der Waals surface area (Å²) in [6.07, 6.45) is 0. The molecule has 0 unspecified atom stereocenters. The van der Waals surface area contributed by atoms with Gasteiger partial charge in [-0.3, -0.25) is 0 Å². The van der Waals surface area contributed by atoms with Gasteiger partial charge in [-0.15, -0.1) is 0 Å². The van der Waals surface area contributed by atoms with Gasteiger partial charge in [0.2, 0.25) is 0 Å². The van der Waals surface area contributed by atoms with Crippen LogP contribution in [0.15, 0.2) is 0 Å². The number of rotatable bonds is 0. The first-order chi connectivity index (χ1) is 0. The second kappa shape index (κ2) is 113. The van der Waals surface area contributed by atoms with E-state index in [1.54, 1.807) is 0 Å². The molecule has 0 bridgehead atoms. The van der Waals surface area contributed by atoms with Gasteiger partial charge in [-0.2, -0.15) is 0 Å². The molecule has 7 heavy (non-hydrogen) atoms. The van der Waals surface area contributed by atoms with E-state index in [4.69, 9.17) is 0 Å². The van der Waals surface area contributed by atoms with E-state index in [2.05, 4.69) is 0 Å². The second-order valence-corrected chi connectivity index (χ2v) is 0. The van der Waals surface area contributed by atoms with Crippen molar-refractivity contribution in [2.45, 2.75) is 0 Å². The summed E-state index contributed by atoms with van der Waals surface area (Å²) in [5.41, 5.74) is 0.